The molecule has 1 aliphatic rings. The number of ether oxygens (including phenoxy) is 2. The summed E-state index contributed by atoms with van der Waals surface area (Å²) >= 11 is 12.2. The van der Waals surface area contributed by atoms with Gasteiger partial charge in [-0.2, -0.15) is 0 Å². The van der Waals surface area contributed by atoms with E-state index in [1.165, 1.54) is 0 Å². The minimum atomic E-state index is -0.488. The van der Waals surface area contributed by atoms with Crippen LogP contribution < -0.4 is 14.8 Å². The Labute approximate surface area is 179 Å². The normalized spacial score (nSPS) is 15.0. The summed E-state index contributed by atoms with van der Waals surface area (Å²) in [6.45, 7) is 4.72. The zero-order valence-corrected chi connectivity index (χ0v) is 17.5. The zero-order chi connectivity index (χ0) is 21.0. The van der Waals surface area contributed by atoms with E-state index in [4.69, 9.17) is 32.7 Å². The number of hydrogen-bond acceptors (Lipinski definition) is 4. The number of carbonyl (C=O) groups excluding carboxylic acids is 2. The van der Waals surface area contributed by atoms with Crippen molar-refractivity contribution in [2.24, 2.45) is 0 Å². The zero-order valence-electron chi connectivity index (χ0n) is 16.0. The average molecular weight is 435 g/mol. The molecule has 2 aromatic carbocycles. The van der Waals surface area contributed by atoms with E-state index in [2.05, 4.69) is 5.32 Å². The SMILES string of the molecule is CCOc1cc(C=C2NC(=O)N(Cc3ccc(Cl)cc3)C2=O)cc(Cl)c1OCC. The average Bonchev–Trinajstić information content (AvgIpc) is 2.94. The lowest BCUT2D eigenvalue weighted by Crippen LogP contribution is -2.30. The van der Waals surface area contributed by atoms with E-state index in [9.17, 15) is 9.59 Å². The molecule has 0 bridgehead atoms. The molecule has 1 saturated heterocycles. The Hall–Kier alpha value is -2.70. The van der Waals surface area contributed by atoms with E-state index in [1.807, 2.05) is 13.8 Å². The van der Waals surface area contributed by atoms with Gasteiger partial charge in [0.2, 0.25) is 0 Å². The van der Waals surface area contributed by atoms with Crippen molar-refractivity contribution in [3.63, 3.8) is 0 Å². The molecule has 152 valence electrons. The molecule has 0 aromatic heterocycles. The van der Waals surface area contributed by atoms with Gasteiger partial charge in [0.15, 0.2) is 11.5 Å². The lowest BCUT2D eigenvalue weighted by Gasteiger charge is -2.13. The predicted octanol–water partition coefficient (Wildman–Crippen LogP) is 4.88. The van der Waals surface area contributed by atoms with Crippen molar-refractivity contribution in [3.8, 4) is 11.5 Å². The summed E-state index contributed by atoms with van der Waals surface area (Å²) in [6.07, 6.45) is 1.56. The number of amides is 3. The highest BCUT2D eigenvalue weighted by Gasteiger charge is 2.33. The molecular weight excluding hydrogens is 415 g/mol. The molecule has 1 fully saturated rings. The quantitative estimate of drug-likeness (QED) is 0.497. The van der Waals surface area contributed by atoms with Crippen molar-refractivity contribution in [2.75, 3.05) is 13.2 Å². The second kappa shape index (κ2) is 9.20. The molecule has 3 amide bonds. The molecular formula is C21H20Cl2N2O4. The fraction of sp³-hybridized carbons (Fsp3) is 0.238. The fourth-order valence-electron chi connectivity index (χ4n) is 2.87. The minimum Gasteiger partial charge on any atom is -0.490 e. The van der Waals surface area contributed by atoms with Gasteiger partial charge in [-0.1, -0.05) is 35.3 Å². The number of urea groups is 1. The van der Waals surface area contributed by atoms with Crippen LogP contribution in [-0.4, -0.2) is 30.1 Å². The van der Waals surface area contributed by atoms with Crippen molar-refractivity contribution in [1.82, 2.24) is 10.2 Å². The van der Waals surface area contributed by atoms with E-state index in [-0.39, 0.29) is 12.2 Å². The van der Waals surface area contributed by atoms with Gasteiger partial charge in [-0.15, -0.1) is 0 Å². The topological polar surface area (TPSA) is 67.9 Å². The Kier molecular flexibility index (Phi) is 6.67. The summed E-state index contributed by atoms with van der Waals surface area (Å²) in [5.74, 6) is 0.501. The molecule has 2 aromatic rings. The van der Waals surface area contributed by atoms with Crippen molar-refractivity contribution in [1.29, 1.82) is 0 Å². The van der Waals surface area contributed by atoms with Gasteiger partial charge in [0.1, 0.15) is 5.70 Å². The van der Waals surface area contributed by atoms with Gasteiger partial charge in [-0.05, 0) is 55.3 Å². The third-order valence-electron chi connectivity index (χ3n) is 4.15. The molecule has 0 saturated carbocycles. The molecule has 0 spiro atoms. The first kappa shape index (κ1) is 21.0. The standard InChI is InChI=1S/C21H20Cl2N2O4/c1-3-28-18-11-14(9-16(23)19(18)29-4-2)10-17-20(26)25(21(27)24-17)12-13-5-7-15(22)8-6-13/h5-11H,3-4,12H2,1-2H3,(H,24,27). The van der Waals surface area contributed by atoms with Crippen LogP contribution in [0.5, 0.6) is 11.5 Å². The summed E-state index contributed by atoms with van der Waals surface area (Å²) in [7, 11) is 0. The highest BCUT2D eigenvalue weighted by Crippen LogP contribution is 2.37. The minimum absolute atomic E-state index is 0.146. The molecule has 0 atom stereocenters. The molecule has 1 N–H and O–H groups in total. The second-order valence-electron chi connectivity index (χ2n) is 6.20. The largest absolute Gasteiger partial charge is 0.490 e. The number of nitrogens with zero attached hydrogens (tertiary/aromatic N) is 1. The maximum absolute atomic E-state index is 12.7. The molecule has 0 unspecified atom stereocenters. The number of imide groups is 1. The van der Waals surface area contributed by atoms with Gasteiger partial charge < -0.3 is 14.8 Å². The van der Waals surface area contributed by atoms with E-state index in [1.54, 1.807) is 42.5 Å². The van der Waals surface area contributed by atoms with Gasteiger partial charge in [-0.3, -0.25) is 9.69 Å². The Morgan fingerprint density at radius 1 is 1.03 bits per heavy atom. The smallest absolute Gasteiger partial charge is 0.329 e. The van der Waals surface area contributed by atoms with E-state index in [0.717, 1.165) is 10.5 Å². The summed E-state index contributed by atoms with van der Waals surface area (Å²) in [6, 6.07) is 9.85. The van der Waals surface area contributed by atoms with Crippen LogP contribution in [-0.2, 0) is 11.3 Å². The summed E-state index contributed by atoms with van der Waals surface area (Å²) in [4.78, 5) is 26.1. The first-order chi connectivity index (χ1) is 13.9. The van der Waals surface area contributed by atoms with Crippen molar-refractivity contribution in [3.05, 3.63) is 63.3 Å². The summed E-state index contributed by atoms with van der Waals surface area (Å²) in [5.41, 5.74) is 1.56. The second-order valence-corrected chi connectivity index (χ2v) is 7.05. The predicted molar refractivity (Wildman–Crippen MR) is 112 cm³/mol. The van der Waals surface area contributed by atoms with Crippen LogP contribution in [0.4, 0.5) is 4.79 Å². The molecule has 6 nitrogen and oxygen atoms in total. The van der Waals surface area contributed by atoms with Crippen LogP contribution in [0.2, 0.25) is 10.0 Å². The number of benzene rings is 2. The Bertz CT molecular complexity index is 958. The maximum Gasteiger partial charge on any atom is 0.329 e. The van der Waals surface area contributed by atoms with Crippen LogP contribution in [0.25, 0.3) is 6.08 Å². The Morgan fingerprint density at radius 2 is 1.72 bits per heavy atom. The number of nitrogens with one attached hydrogen (secondary N) is 1. The summed E-state index contributed by atoms with van der Waals surface area (Å²) < 4.78 is 11.1. The van der Waals surface area contributed by atoms with Crippen LogP contribution in [0.15, 0.2) is 42.1 Å². The number of carbonyl (C=O) groups is 2. The summed E-state index contributed by atoms with van der Waals surface area (Å²) in [5, 5.41) is 3.55. The van der Waals surface area contributed by atoms with E-state index >= 15 is 0 Å². The third kappa shape index (κ3) is 4.83. The first-order valence-corrected chi connectivity index (χ1v) is 9.86. The number of rotatable bonds is 7. The van der Waals surface area contributed by atoms with Gasteiger partial charge in [0.25, 0.3) is 5.91 Å². The molecule has 1 heterocycles. The Morgan fingerprint density at radius 3 is 2.38 bits per heavy atom. The van der Waals surface area contributed by atoms with Crippen molar-refractivity contribution in [2.45, 2.75) is 20.4 Å². The molecule has 0 radical (unpaired) electrons. The number of hydrogen-bond donors (Lipinski definition) is 1. The fourth-order valence-corrected chi connectivity index (χ4v) is 3.27. The molecule has 3 rings (SSSR count). The van der Waals surface area contributed by atoms with Gasteiger partial charge >= 0.3 is 6.03 Å². The maximum atomic E-state index is 12.7. The number of halogens is 2. The molecule has 29 heavy (non-hydrogen) atoms. The lowest BCUT2D eigenvalue weighted by atomic mass is 10.1. The Balaban J connectivity index is 1.86. The van der Waals surface area contributed by atoms with E-state index in [0.29, 0.717) is 40.3 Å². The van der Waals surface area contributed by atoms with E-state index < -0.39 is 11.9 Å². The van der Waals surface area contributed by atoms with Crippen LogP contribution in [0.1, 0.15) is 25.0 Å². The van der Waals surface area contributed by atoms with Gasteiger partial charge in [0.05, 0.1) is 24.8 Å². The van der Waals surface area contributed by atoms with Crippen molar-refractivity contribution < 1.29 is 19.1 Å². The van der Waals surface area contributed by atoms with Gasteiger partial charge in [0, 0.05) is 5.02 Å². The lowest BCUT2D eigenvalue weighted by molar-refractivity contribution is -0.123. The molecule has 0 aliphatic carbocycles. The third-order valence-corrected chi connectivity index (χ3v) is 4.68. The highest BCUT2D eigenvalue weighted by atomic mass is 35.5. The molecule has 1 aliphatic heterocycles. The highest BCUT2D eigenvalue weighted by molar-refractivity contribution is 6.32. The monoisotopic (exact) mass is 434 g/mol. The first-order valence-electron chi connectivity index (χ1n) is 9.11. The van der Waals surface area contributed by atoms with Crippen LogP contribution >= 0.6 is 23.2 Å². The van der Waals surface area contributed by atoms with Gasteiger partial charge in [-0.25, -0.2) is 4.79 Å². The van der Waals surface area contributed by atoms with Crippen LogP contribution in [0.3, 0.4) is 0 Å². The molecule has 8 heteroatoms. The van der Waals surface area contributed by atoms with Crippen molar-refractivity contribution >= 4 is 41.2 Å². The van der Waals surface area contributed by atoms with Crippen LogP contribution in [0, 0.1) is 0 Å².